The van der Waals surface area contributed by atoms with Gasteiger partial charge in [-0.25, -0.2) is 0 Å². The van der Waals surface area contributed by atoms with E-state index in [0.29, 0.717) is 12.1 Å². The normalized spacial score (nSPS) is 13.5. The van der Waals surface area contributed by atoms with Crippen LogP contribution in [-0.2, 0) is 22.4 Å². The molecule has 0 aliphatic heterocycles. The van der Waals surface area contributed by atoms with Crippen molar-refractivity contribution >= 4 is 11.9 Å². The van der Waals surface area contributed by atoms with Crippen LogP contribution in [0, 0.1) is 0 Å². The number of nitrogens with zero attached hydrogens (tertiary/aromatic N) is 1. The lowest BCUT2D eigenvalue weighted by Gasteiger charge is -2.21. The Labute approximate surface area is 119 Å². The molecule has 0 bridgehead atoms. The van der Waals surface area contributed by atoms with Crippen LogP contribution in [0.4, 0.5) is 0 Å². The van der Waals surface area contributed by atoms with E-state index < -0.39 is 5.97 Å². The number of carbonyl (C=O) groups excluding carboxylic acids is 2. The Kier molecular flexibility index (Phi) is 4.77. The van der Waals surface area contributed by atoms with Gasteiger partial charge < -0.3 is 9.64 Å². The molecule has 1 amide bonds. The SMILES string of the molecule is CCN(CC(=O)OC)C(=O)c1ccc2c(c1)CCCC2. The van der Waals surface area contributed by atoms with E-state index >= 15 is 0 Å². The van der Waals surface area contributed by atoms with Gasteiger partial charge in [0.25, 0.3) is 5.91 Å². The van der Waals surface area contributed by atoms with Crippen molar-refractivity contribution in [3.8, 4) is 0 Å². The van der Waals surface area contributed by atoms with Crippen LogP contribution in [-0.4, -0.2) is 37.0 Å². The fraction of sp³-hybridized carbons (Fsp3) is 0.500. The van der Waals surface area contributed by atoms with Crippen LogP contribution < -0.4 is 0 Å². The van der Waals surface area contributed by atoms with Crippen molar-refractivity contribution in [1.82, 2.24) is 4.90 Å². The Morgan fingerprint density at radius 3 is 2.55 bits per heavy atom. The lowest BCUT2D eigenvalue weighted by atomic mass is 9.90. The molecule has 0 fully saturated rings. The Morgan fingerprint density at radius 1 is 1.20 bits per heavy atom. The first-order chi connectivity index (χ1) is 9.65. The van der Waals surface area contributed by atoms with Gasteiger partial charge in [0.2, 0.25) is 0 Å². The van der Waals surface area contributed by atoms with Crippen molar-refractivity contribution in [2.75, 3.05) is 20.2 Å². The lowest BCUT2D eigenvalue weighted by molar-refractivity contribution is -0.141. The van der Waals surface area contributed by atoms with Crippen LogP contribution in [0.25, 0.3) is 0 Å². The second-order valence-electron chi connectivity index (χ2n) is 5.09. The first-order valence-electron chi connectivity index (χ1n) is 7.13. The molecule has 20 heavy (non-hydrogen) atoms. The number of esters is 1. The summed E-state index contributed by atoms with van der Waals surface area (Å²) < 4.78 is 4.63. The van der Waals surface area contributed by atoms with E-state index in [1.807, 2.05) is 25.1 Å². The van der Waals surface area contributed by atoms with Crippen molar-refractivity contribution < 1.29 is 14.3 Å². The van der Waals surface area contributed by atoms with Crippen LogP contribution in [0.5, 0.6) is 0 Å². The Morgan fingerprint density at radius 2 is 1.90 bits per heavy atom. The van der Waals surface area contributed by atoms with E-state index in [1.165, 1.54) is 36.0 Å². The number of amides is 1. The topological polar surface area (TPSA) is 46.6 Å². The summed E-state index contributed by atoms with van der Waals surface area (Å²) in [6.07, 6.45) is 4.55. The number of hydrogen-bond donors (Lipinski definition) is 0. The van der Waals surface area contributed by atoms with Gasteiger partial charge in [0.15, 0.2) is 0 Å². The number of aryl methyl sites for hydroxylation is 2. The van der Waals surface area contributed by atoms with Crippen molar-refractivity contribution in [1.29, 1.82) is 0 Å². The highest BCUT2D eigenvalue weighted by molar-refractivity contribution is 5.96. The van der Waals surface area contributed by atoms with E-state index in [2.05, 4.69) is 4.74 Å². The van der Waals surface area contributed by atoms with E-state index in [0.717, 1.165) is 12.8 Å². The number of ether oxygens (including phenoxy) is 1. The van der Waals surface area contributed by atoms with Crippen molar-refractivity contribution in [3.63, 3.8) is 0 Å². The maximum atomic E-state index is 12.4. The molecule has 2 rings (SSSR count). The van der Waals surface area contributed by atoms with E-state index in [1.54, 1.807) is 0 Å². The third-order valence-corrected chi connectivity index (χ3v) is 3.81. The highest BCUT2D eigenvalue weighted by Gasteiger charge is 2.19. The molecule has 0 radical (unpaired) electrons. The van der Waals surface area contributed by atoms with Gasteiger partial charge in [-0.15, -0.1) is 0 Å². The molecule has 0 aromatic heterocycles. The molecule has 1 aromatic carbocycles. The zero-order valence-electron chi connectivity index (χ0n) is 12.1. The number of methoxy groups -OCH3 is 1. The van der Waals surface area contributed by atoms with Crippen LogP contribution in [0.15, 0.2) is 18.2 Å². The van der Waals surface area contributed by atoms with Gasteiger partial charge in [-0.2, -0.15) is 0 Å². The molecule has 0 N–H and O–H groups in total. The molecule has 0 atom stereocenters. The summed E-state index contributed by atoms with van der Waals surface area (Å²) in [6, 6.07) is 5.90. The molecule has 4 heteroatoms. The minimum atomic E-state index is -0.391. The van der Waals surface area contributed by atoms with E-state index in [4.69, 9.17) is 0 Å². The van der Waals surface area contributed by atoms with Gasteiger partial charge in [0, 0.05) is 12.1 Å². The van der Waals surface area contributed by atoms with Crippen LogP contribution >= 0.6 is 0 Å². The predicted molar refractivity (Wildman–Crippen MR) is 76.7 cm³/mol. The molecule has 1 aliphatic carbocycles. The number of fused-ring (bicyclic) bond motifs is 1. The number of likely N-dealkylation sites (N-methyl/N-ethyl adjacent to an activating group) is 1. The summed E-state index contributed by atoms with van der Waals surface area (Å²) in [7, 11) is 1.33. The molecular weight excluding hydrogens is 254 g/mol. The van der Waals surface area contributed by atoms with Crippen molar-refractivity contribution in [2.24, 2.45) is 0 Å². The van der Waals surface area contributed by atoms with Gasteiger partial charge in [-0.1, -0.05) is 6.07 Å². The number of hydrogen-bond acceptors (Lipinski definition) is 3. The molecule has 1 aliphatic rings. The summed E-state index contributed by atoms with van der Waals surface area (Å²) in [6.45, 7) is 2.35. The second-order valence-corrected chi connectivity index (χ2v) is 5.09. The van der Waals surface area contributed by atoms with Crippen LogP contribution in [0.3, 0.4) is 0 Å². The maximum absolute atomic E-state index is 12.4. The monoisotopic (exact) mass is 275 g/mol. The molecule has 108 valence electrons. The smallest absolute Gasteiger partial charge is 0.325 e. The largest absolute Gasteiger partial charge is 0.468 e. The standard InChI is InChI=1S/C16H21NO3/c1-3-17(11-15(18)20-2)16(19)14-9-8-12-6-4-5-7-13(12)10-14/h8-10H,3-7,11H2,1-2H3. The Hall–Kier alpha value is -1.84. The number of carbonyl (C=O) groups is 2. The van der Waals surface area contributed by atoms with Crippen molar-refractivity contribution in [2.45, 2.75) is 32.6 Å². The van der Waals surface area contributed by atoms with E-state index in [-0.39, 0.29) is 12.5 Å². The second kappa shape index (κ2) is 6.55. The van der Waals surface area contributed by atoms with Crippen molar-refractivity contribution in [3.05, 3.63) is 34.9 Å². The fourth-order valence-electron chi connectivity index (χ4n) is 2.60. The molecular formula is C16H21NO3. The average molecular weight is 275 g/mol. The zero-order valence-corrected chi connectivity index (χ0v) is 12.1. The van der Waals surface area contributed by atoms with Crippen LogP contribution in [0.2, 0.25) is 0 Å². The molecule has 0 heterocycles. The highest BCUT2D eigenvalue weighted by Crippen LogP contribution is 2.22. The summed E-state index contributed by atoms with van der Waals surface area (Å²) in [4.78, 5) is 25.3. The maximum Gasteiger partial charge on any atom is 0.325 e. The third-order valence-electron chi connectivity index (χ3n) is 3.81. The van der Waals surface area contributed by atoms with Gasteiger partial charge in [0.05, 0.1) is 7.11 Å². The van der Waals surface area contributed by atoms with Gasteiger partial charge in [-0.05, 0) is 55.9 Å². The average Bonchev–Trinajstić information content (AvgIpc) is 2.51. The minimum absolute atomic E-state index is 0.00289. The molecule has 0 saturated carbocycles. The number of benzene rings is 1. The van der Waals surface area contributed by atoms with E-state index in [9.17, 15) is 9.59 Å². The zero-order chi connectivity index (χ0) is 14.5. The quantitative estimate of drug-likeness (QED) is 0.791. The van der Waals surface area contributed by atoms with Gasteiger partial charge in [0.1, 0.15) is 6.54 Å². The Bertz CT molecular complexity index is 510. The molecule has 4 nitrogen and oxygen atoms in total. The minimum Gasteiger partial charge on any atom is -0.468 e. The summed E-state index contributed by atoms with van der Waals surface area (Å²) in [5, 5.41) is 0. The first-order valence-corrected chi connectivity index (χ1v) is 7.13. The van der Waals surface area contributed by atoms with Gasteiger partial charge in [-0.3, -0.25) is 9.59 Å². The molecule has 0 spiro atoms. The summed E-state index contributed by atoms with van der Waals surface area (Å²) in [5.74, 6) is -0.496. The number of rotatable bonds is 4. The third kappa shape index (κ3) is 3.18. The molecule has 1 aromatic rings. The summed E-state index contributed by atoms with van der Waals surface area (Å²) in [5.41, 5.74) is 3.29. The molecule has 0 unspecified atom stereocenters. The van der Waals surface area contributed by atoms with Crippen LogP contribution in [0.1, 0.15) is 41.3 Å². The Balaban J connectivity index is 2.16. The predicted octanol–water partition coefficient (Wildman–Crippen LogP) is 2.20. The lowest BCUT2D eigenvalue weighted by Crippen LogP contribution is -2.36. The van der Waals surface area contributed by atoms with Gasteiger partial charge >= 0.3 is 5.97 Å². The molecule has 0 saturated heterocycles. The highest BCUT2D eigenvalue weighted by atomic mass is 16.5. The first kappa shape index (κ1) is 14.6. The summed E-state index contributed by atoms with van der Waals surface area (Å²) >= 11 is 0. The fourth-order valence-corrected chi connectivity index (χ4v) is 2.60.